The largest absolute Gasteiger partial charge is 0.350 e. The molecular formula is C21H25N5O2. The van der Waals surface area contributed by atoms with Crippen LogP contribution in [0, 0.1) is 6.92 Å². The number of aromatic nitrogens is 2. The number of anilines is 1. The van der Waals surface area contributed by atoms with Crippen LogP contribution in [-0.2, 0) is 6.54 Å². The fraction of sp³-hybridized carbons (Fsp3) is 0.286. The van der Waals surface area contributed by atoms with Crippen molar-refractivity contribution in [3.8, 4) is 0 Å². The quantitative estimate of drug-likeness (QED) is 0.614. The maximum Gasteiger partial charge on any atom is 0.319 e. The molecule has 7 nitrogen and oxygen atoms in total. The third-order valence-electron chi connectivity index (χ3n) is 4.33. The molecule has 0 radical (unpaired) electrons. The first-order valence-electron chi connectivity index (χ1n) is 9.30. The van der Waals surface area contributed by atoms with Crippen molar-refractivity contribution in [2.24, 2.45) is 0 Å². The molecule has 0 aliphatic heterocycles. The molecule has 0 saturated heterocycles. The lowest BCUT2D eigenvalue weighted by Gasteiger charge is -2.10. The standard InChI is InChI=1S/C21H25N5O2/c1-14(2)24-20(27)16-8-9-19-18(12-16)23-13-26(19)11-10-22-21(28)25-17-7-5-4-6-15(17)3/h4-9,12-14H,10-11H2,1-3H3,(H,24,27)(H2,22,25,28). The van der Waals surface area contributed by atoms with Crippen molar-refractivity contribution in [3.05, 3.63) is 59.9 Å². The number of carbonyl (C=O) groups excluding carboxylic acids is 2. The van der Waals surface area contributed by atoms with E-state index in [0.29, 0.717) is 18.7 Å². The molecule has 0 aliphatic rings. The summed E-state index contributed by atoms with van der Waals surface area (Å²) in [5.74, 6) is -0.110. The lowest BCUT2D eigenvalue weighted by molar-refractivity contribution is 0.0943. The van der Waals surface area contributed by atoms with Crippen LogP contribution in [0.2, 0.25) is 0 Å². The minimum Gasteiger partial charge on any atom is -0.350 e. The lowest BCUT2D eigenvalue weighted by atomic mass is 10.2. The van der Waals surface area contributed by atoms with E-state index in [1.807, 2.05) is 55.7 Å². The number of fused-ring (bicyclic) bond motifs is 1. The summed E-state index contributed by atoms with van der Waals surface area (Å²) < 4.78 is 1.95. The molecule has 0 atom stereocenters. The third-order valence-corrected chi connectivity index (χ3v) is 4.33. The monoisotopic (exact) mass is 379 g/mol. The van der Waals surface area contributed by atoms with Crippen LogP contribution >= 0.6 is 0 Å². The average Bonchev–Trinajstić information content (AvgIpc) is 3.05. The van der Waals surface area contributed by atoms with E-state index < -0.39 is 0 Å². The molecule has 0 spiro atoms. The van der Waals surface area contributed by atoms with Crippen LogP contribution in [0.4, 0.5) is 10.5 Å². The number of imidazole rings is 1. The van der Waals surface area contributed by atoms with E-state index in [0.717, 1.165) is 22.3 Å². The van der Waals surface area contributed by atoms with Crippen LogP contribution in [0.3, 0.4) is 0 Å². The highest BCUT2D eigenvalue weighted by molar-refractivity contribution is 5.97. The summed E-state index contributed by atoms with van der Waals surface area (Å²) >= 11 is 0. The zero-order valence-electron chi connectivity index (χ0n) is 16.3. The predicted octanol–water partition coefficient (Wildman–Crippen LogP) is 3.30. The van der Waals surface area contributed by atoms with Crippen LogP contribution in [0.5, 0.6) is 0 Å². The van der Waals surface area contributed by atoms with Gasteiger partial charge >= 0.3 is 6.03 Å². The van der Waals surface area contributed by atoms with Gasteiger partial charge in [-0.05, 0) is 50.6 Å². The average molecular weight is 379 g/mol. The molecule has 3 rings (SSSR count). The Labute approximate surface area is 164 Å². The number of nitrogens with zero attached hydrogens (tertiary/aromatic N) is 2. The molecule has 3 amide bonds. The lowest BCUT2D eigenvalue weighted by Crippen LogP contribution is -2.31. The number of amides is 3. The van der Waals surface area contributed by atoms with Crippen LogP contribution < -0.4 is 16.0 Å². The van der Waals surface area contributed by atoms with Crippen LogP contribution in [0.1, 0.15) is 29.8 Å². The van der Waals surface area contributed by atoms with Crippen LogP contribution in [0.25, 0.3) is 11.0 Å². The molecule has 1 heterocycles. The van der Waals surface area contributed by atoms with Gasteiger partial charge in [-0.1, -0.05) is 18.2 Å². The molecule has 3 N–H and O–H groups in total. The van der Waals surface area contributed by atoms with E-state index in [-0.39, 0.29) is 18.0 Å². The van der Waals surface area contributed by atoms with Gasteiger partial charge in [-0.2, -0.15) is 0 Å². The SMILES string of the molecule is Cc1ccccc1NC(=O)NCCn1cnc2cc(C(=O)NC(C)C)ccc21. The van der Waals surface area contributed by atoms with Crippen molar-refractivity contribution in [2.75, 3.05) is 11.9 Å². The first-order valence-corrected chi connectivity index (χ1v) is 9.30. The van der Waals surface area contributed by atoms with E-state index in [2.05, 4.69) is 20.9 Å². The molecule has 1 aromatic heterocycles. The number of aryl methyl sites for hydroxylation is 1. The number of nitrogens with one attached hydrogen (secondary N) is 3. The number of benzene rings is 2. The van der Waals surface area contributed by atoms with Crippen molar-refractivity contribution in [3.63, 3.8) is 0 Å². The van der Waals surface area contributed by atoms with Gasteiger partial charge in [0, 0.05) is 30.4 Å². The Hall–Kier alpha value is -3.35. The second-order valence-corrected chi connectivity index (χ2v) is 6.97. The number of para-hydroxylation sites is 1. The van der Waals surface area contributed by atoms with Gasteiger partial charge in [-0.15, -0.1) is 0 Å². The van der Waals surface area contributed by atoms with Crippen molar-refractivity contribution < 1.29 is 9.59 Å². The predicted molar refractivity (Wildman–Crippen MR) is 111 cm³/mol. The smallest absolute Gasteiger partial charge is 0.319 e. The minimum absolute atomic E-state index is 0.0812. The summed E-state index contributed by atoms with van der Waals surface area (Å²) in [5, 5.41) is 8.57. The summed E-state index contributed by atoms with van der Waals surface area (Å²) in [6.45, 7) is 6.83. The molecule has 146 valence electrons. The number of carbonyl (C=O) groups is 2. The van der Waals surface area contributed by atoms with E-state index in [1.165, 1.54) is 0 Å². The van der Waals surface area contributed by atoms with Gasteiger partial charge in [0.25, 0.3) is 5.91 Å². The summed E-state index contributed by atoms with van der Waals surface area (Å²) in [6, 6.07) is 12.9. The number of hydrogen-bond donors (Lipinski definition) is 3. The van der Waals surface area contributed by atoms with E-state index in [9.17, 15) is 9.59 Å². The van der Waals surface area contributed by atoms with Crippen molar-refractivity contribution in [1.82, 2.24) is 20.2 Å². The first kappa shape index (κ1) is 19.4. The fourth-order valence-electron chi connectivity index (χ4n) is 2.90. The van der Waals surface area contributed by atoms with Crippen molar-refractivity contribution >= 4 is 28.7 Å². The van der Waals surface area contributed by atoms with E-state index in [4.69, 9.17) is 0 Å². The highest BCUT2D eigenvalue weighted by Gasteiger charge is 2.10. The van der Waals surface area contributed by atoms with Gasteiger partial charge in [0.05, 0.1) is 17.4 Å². The number of rotatable bonds is 6. The zero-order chi connectivity index (χ0) is 20.1. The fourth-order valence-corrected chi connectivity index (χ4v) is 2.90. The Bertz CT molecular complexity index is 993. The number of hydrogen-bond acceptors (Lipinski definition) is 3. The summed E-state index contributed by atoms with van der Waals surface area (Å²) in [4.78, 5) is 28.6. The van der Waals surface area contributed by atoms with Crippen molar-refractivity contribution in [2.45, 2.75) is 33.4 Å². The van der Waals surface area contributed by atoms with Gasteiger partial charge in [0.15, 0.2) is 0 Å². The van der Waals surface area contributed by atoms with E-state index >= 15 is 0 Å². The zero-order valence-corrected chi connectivity index (χ0v) is 16.3. The summed E-state index contributed by atoms with van der Waals surface area (Å²) in [5.41, 5.74) is 4.06. The highest BCUT2D eigenvalue weighted by atomic mass is 16.2. The second-order valence-electron chi connectivity index (χ2n) is 6.97. The molecular weight excluding hydrogens is 354 g/mol. The maximum absolute atomic E-state index is 12.1. The highest BCUT2D eigenvalue weighted by Crippen LogP contribution is 2.15. The van der Waals surface area contributed by atoms with E-state index in [1.54, 1.807) is 18.5 Å². The molecule has 0 unspecified atom stereocenters. The Morgan fingerprint density at radius 1 is 1.14 bits per heavy atom. The van der Waals surface area contributed by atoms with Gasteiger partial charge in [0.2, 0.25) is 0 Å². The van der Waals surface area contributed by atoms with Gasteiger partial charge < -0.3 is 20.5 Å². The number of urea groups is 1. The Morgan fingerprint density at radius 2 is 1.93 bits per heavy atom. The Morgan fingerprint density at radius 3 is 2.68 bits per heavy atom. The Kier molecular flexibility index (Phi) is 5.93. The van der Waals surface area contributed by atoms with Gasteiger partial charge in [0.1, 0.15) is 0 Å². The van der Waals surface area contributed by atoms with Crippen LogP contribution in [-0.4, -0.2) is 34.1 Å². The molecule has 0 saturated carbocycles. The van der Waals surface area contributed by atoms with Gasteiger partial charge in [-0.25, -0.2) is 9.78 Å². The first-order chi connectivity index (χ1) is 13.4. The van der Waals surface area contributed by atoms with Crippen LogP contribution in [0.15, 0.2) is 48.8 Å². The maximum atomic E-state index is 12.1. The van der Waals surface area contributed by atoms with Crippen molar-refractivity contribution in [1.29, 1.82) is 0 Å². The Balaban J connectivity index is 1.58. The topological polar surface area (TPSA) is 88.1 Å². The normalized spacial score (nSPS) is 10.9. The second kappa shape index (κ2) is 8.56. The van der Waals surface area contributed by atoms with Gasteiger partial charge in [-0.3, -0.25) is 4.79 Å². The summed E-state index contributed by atoms with van der Waals surface area (Å²) in [7, 11) is 0. The molecule has 7 heteroatoms. The minimum atomic E-state index is -0.244. The molecule has 0 bridgehead atoms. The molecule has 0 fully saturated rings. The molecule has 0 aliphatic carbocycles. The molecule has 28 heavy (non-hydrogen) atoms. The summed E-state index contributed by atoms with van der Waals surface area (Å²) in [6.07, 6.45) is 1.72. The third kappa shape index (κ3) is 4.68. The molecule has 2 aromatic carbocycles. The molecule has 3 aromatic rings.